The van der Waals surface area contributed by atoms with E-state index in [1.165, 1.54) is 7.11 Å². The molecule has 8 heteroatoms. The van der Waals surface area contributed by atoms with E-state index in [2.05, 4.69) is 0 Å². The second-order valence-corrected chi connectivity index (χ2v) is 7.48. The molecule has 3 fully saturated rings. The van der Waals surface area contributed by atoms with E-state index in [1.807, 2.05) is 30.3 Å². The maximum atomic E-state index is 14.6. The van der Waals surface area contributed by atoms with Crippen LogP contribution in [-0.2, 0) is 25.7 Å². The first kappa shape index (κ1) is 18.0. The number of carbonyl (C=O) groups excluding carboxylic acids is 3. The van der Waals surface area contributed by atoms with E-state index in [9.17, 15) is 23.2 Å². The van der Waals surface area contributed by atoms with Crippen LogP contribution in [-0.4, -0.2) is 58.2 Å². The minimum absolute atomic E-state index is 0.0740. The van der Waals surface area contributed by atoms with Gasteiger partial charge in [-0.1, -0.05) is 30.3 Å². The summed E-state index contributed by atoms with van der Waals surface area (Å²) in [6, 6.07) is 7.40. The van der Waals surface area contributed by atoms with Gasteiger partial charge in [0.25, 0.3) is 5.92 Å². The highest BCUT2D eigenvalue weighted by Gasteiger charge is 2.85. The Morgan fingerprint density at radius 1 is 1.26 bits per heavy atom. The number of fused-ring (bicyclic) bond motifs is 3. The summed E-state index contributed by atoms with van der Waals surface area (Å²) in [4.78, 5) is 39.9. The first-order valence-corrected chi connectivity index (χ1v) is 8.84. The summed E-state index contributed by atoms with van der Waals surface area (Å²) >= 11 is 0. The number of nitrogens with zero attached hydrogens (tertiary/aromatic N) is 2. The molecule has 4 rings (SSSR count). The van der Waals surface area contributed by atoms with Crippen molar-refractivity contribution in [3.8, 4) is 0 Å². The van der Waals surface area contributed by atoms with E-state index >= 15 is 0 Å². The average Bonchev–Trinajstić information content (AvgIpc) is 3.02. The maximum absolute atomic E-state index is 14.6. The lowest BCUT2D eigenvalue weighted by molar-refractivity contribution is -0.167. The number of hydrogen-bond donors (Lipinski definition) is 0. The Balaban J connectivity index is 1.81. The van der Waals surface area contributed by atoms with Crippen LogP contribution in [0.3, 0.4) is 0 Å². The maximum Gasteiger partial charge on any atom is 0.310 e. The molecule has 4 atom stereocenters. The van der Waals surface area contributed by atoms with E-state index in [4.69, 9.17) is 4.74 Å². The van der Waals surface area contributed by atoms with Crippen LogP contribution in [0.4, 0.5) is 8.78 Å². The molecule has 3 aliphatic rings. The standard InChI is InChI=1S/C19H20F2N2O4/c1-11(24)23-16(25)14-8-13(17(26)27-2)15(18(23)10-19(18,20)21)22(14)9-12-6-4-3-5-7-12/h3-7,13-15H,8-10H2,1-2H3. The molecule has 2 amide bonds. The van der Waals surface area contributed by atoms with Gasteiger partial charge >= 0.3 is 5.97 Å². The van der Waals surface area contributed by atoms with Gasteiger partial charge < -0.3 is 4.74 Å². The summed E-state index contributed by atoms with van der Waals surface area (Å²) in [7, 11) is 1.20. The number of ether oxygens (including phenoxy) is 1. The molecule has 1 aromatic carbocycles. The number of esters is 1. The molecule has 1 aromatic rings. The number of likely N-dealkylation sites (tertiary alicyclic amines) is 1. The fraction of sp³-hybridized carbons (Fsp3) is 0.526. The third kappa shape index (κ3) is 2.35. The molecule has 6 nitrogen and oxygen atoms in total. The molecule has 144 valence electrons. The Kier molecular flexibility index (Phi) is 3.89. The number of methoxy groups -OCH3 is 1. The van der Waals surface area contributed by atoms with Crippen LogP contribution in [0.2, 0.25) is 0 Å². The lowest BCUT2D eigenvalue weighted by atomic mass is 9.90. The highest BCUT2D eigenvalue weighted by Crippen LogP contribution is 2.65. The number of piperazine rings is 1. The molecule has 4 unspecified atom stereocenters. The predicted molar refractivity (Wildman–Crippen MR) is 89.5 cm³/mol. The van der Waals surface area contributed by atoms with Crippen molar-refractivity contribution in [1.82, 2.24) is 9.80 Å². The number of rotatable bonds is 3. The van der Waals surface area contributed by atoms with Gasteiger partial charge in [0.15, 0.2) is 0 Å². The Hall–Kier alpha value is -2.35. The molecule has 0 aromatic heterocycles. The summed E-state index contributed by atoms with van der Waals surface area (Å²) in [5, 5.41) is 0. The normalized spacial score (nSPS) is 34.0. The molecule has 1 spiro atoms. The van der Waals surface area contributed by atoms with Gasteiger partial charge in [-0.15, -0.1) is 0 Å². The van der Waals surface area contributed by atoms with E-state index < -0.39 is 53.7 Å². The van der Waals surface area contributed by atoms with Gasteiger partial charge in [0.05, 0.1) is 25.1 Å². The molecule has 2 aliphatic heterocycles. The molecule has 0 N–H and O–H groups in total. The fourth-order valence-corrected chi connectivity index (χ4v) is 4.93. The van der Waals surface area contributed by atoms with Crippen molar-refractivity contribution in [2.45, 2.75) is 49.9 Å². The zero-order chi connectivity index (χ0) is 19.6. The van der Waals surface area contributed by atoms with Crippen LogP contribution >= 0.6 is 0 Å². The Morgan fingerprint density at radius 3 is 2.41 bits per heavy atom. The van der Waals surface area contributed by atoms with Crippen molar-refractivity contribution in [2.75, 3.05) is 7.11 Å². The minimum Gasteiger partial charge on any atom is -0.469 e. The molecule has 0 radical (unpaired) electrons. The number of benzene rings is 1. The zero-order valence-electron chi connectivity index (χ0n) is 15.0. The van der Waals surface area contributed by atoms with Gasteiger partial charge in [0.2, 0.25) is 11.8 Å². The second kappa shape index (κ2) is 5.82. The highest BCUT2D eigenvalue weighted by molar-refractivity contribution is 6.01. The van der Waals surface area contributed by atoms with Gasteiger partial charge in [-0.2, -0.15) is 0 Å². The smallest absolute Gasteiger partial charge is 0.310 e. The molecule has 2 bridgehead atoms. The molecular weight excluding hydrogens is 358 g/mol. The number of imide groups is 1. The first-order chi connectivity index (χ1) is 12.7. The van der Waals surface area contributed by atoms with Crippen LogP contribution in [0.1, 0.15) is 25.3 Å². The first-order valence-electron chi connectivity index (χ1n) is 8.84. The van der Waals surface area contributed by atoms with Crippen molar-refractivity contribution >= 4 is 17.8 Å². The summed E-state index contributed by atoms with van der Waals surface area (Å²) in [5.41, 5.74) is -1.13. The SMILES string of the molecule is COC(=O)C1CC2C(=O)N(C(C)=O)C3(CC3(F)F)C1N2Cc1ccccc1. The summed E-state index contributed by atoms with van der Waals surface area (Å²) < 4.78 is 34.1. The Morgan fingerprint density at radius 2 is 1.89 bits per heavy atom. The van der Waals surface area contributed by atoms with Gasteiger partial charge in [-0.3, -0.25) is 24.2 Å². The molecule has 1 aliphatic carbocycles. The van der Waals surface area contributed by atoms with Gasteiger partial charge in [0.1, 0.15) is 5.54 Å². The molecule has 27 heavy (non-hydrogen) atoms. The third-order valence-corrected chi connectivity index (χ3v) is 6.04. The van der Waals surface area contributed by atoms with Crippen molar-refractivity contribution in [2.24, 2.45) is 5.92 Å². The largest absolute Gasteiger partial charge is 0.469 e. The van der Waals surface area contributed by atoms with Crippen LogP contribution in [0.25, 0.3) is 0 Å². The number of carbonyl (C=O) groups is 3. The van der Waals surface area contributed by atoms with E-state index in [0.29, 0.717) is 4.90 Å². The molecule has 2 heterocycles. The average molecular weight is 378 g/mol. The summed E-state index contributed by atoms with van der Waals surface area (Å²) in [5.74, 6) is -6.10. The lowest BCUT2D eigenvalue weighted by Gasteiger charge is -2.46. The summed E-state index contributed by atoms with van der Waals surface area (Å²) in [6.45, 7) is 1.37. The van der Waals surface area contributed by atoms with Crippen LogP contribution in [0, 0.1) is 5.92 Å². The zero-order valence-corrected chi connectivity index (χ0v) is 15.0. The number of amides is 2. The predicted octanol–water partition coefficient (Wildman–Crippen LogP) is 1.59. The van der Waals surface area contributed by atoms with Crippen molar-refractivity contribution in [3.63, 3.8) is 0 Å². The van der Waals surface area contributed by atoms with Crippen LogP contribution in [0.5, 0.6) is 0 Å². The molecular formula is C19H20F2N2O4. The van der Waals surface area contributed by atoms with Crippen LogP contribution < -0.4 is 0 Å². The lowest BCUT2D eigenvalue weighted by Crippen LogP contribution is -2.68. The third-order valence-electron chi connectivity index (χ3n) is 6.04. The van der Waals surface area contributed by atoms with E-state index in [-0.39, 0.29) is 13.0 Å². The van der Waals surface area contributed by atoms with Gasteiger partial charge in [0, 0.05) is 19.9 Å². The minimum atomic E-state index is -3.23. The number of halogens is 2. The van der Waals surface area contributed by atoms with Gasteiger partial charge in [-0.25, -0.2) is 8.78 Å². The number of hydrogen-bond acceptors (Lipinski definition) is 5. The molecule has 2 saturated heterocycles. The summed E-state index contributed by atoms with van der Waals surface area (Å²) in [6.07, 6.45) is -0.549. The van der Waals surface area contributed by atoms with Gasteiger partial charge in [-0.05, 0) is 12.0 Å². The van der Waals surface area contributed by atoms with Crippen LogP contribution in [0.15, 0.2) is 30.3 Å². The van der Waals surface area contributed by atoms with E-state index in [0.717, 1.165) is 12.5 Å². The van der Waals surface area contributed by atoms with E-state index in [1.54, 1.807) is 4.90 Å². The quantitative estimate of drug-likeness (QED) is 0.748. The monoisotopic (exact) mass is 378 g/mol. The Bertz CT molecular complexity index is 815. The van der Waals surface area contributed by atoms with Crippen molar-refractivity contribution in [3.05, 3.63) is 35.9 Å². The van der Waals surface area contributed by atoms with Crippen molar-refractivity contribution < 1.29 is 27.9 Å². The Labute approximate surface area is 155 Å². The second-order valence-electron chi connectivity index (χ2n) is 7.48. The topological polar surface area (TPSA) is 66.9 Å². The molecule has 1 saturated carbocycles. The fourth-order valence-electron chi connectivity index (χ4n) is 4.93. The highest BCUT2D eigenvalue weighted by atomic mass is 19.3. The van der Waals surface area contributed by atoms with Crippen molar-refractivity contribution in [1.29, 1.82) is 0 Å². The number of alkyl halides is 2.